The van der Waals surface area contributed by atoms with Crippen molar-refractivity contribution in [3.63, 3.8) is 0 Å². The lowest BCUT2D eigenvalue weighted by Gasteiger charge is -2.14. The summed E-state index contributed by atoms with van der Waals surface area (Å²) in [5, 5.41) is 3.20. The summed E-state index contributed by atoms with van der Waals surface area (Å²) < 4.78 is 40.1. The van der Waals surface area contributed by atoms with Gasteiger partial charge in [0.15, 0.2) is 6.61 Å². The average Bonchev–Trinajstić information content (AvgIpc) is 2.57. The molecule has 20 heavy (non-hydrogen) atoms. The Kier molecular flexibility index (Phi) is 4.65. The normalized spacial score (nSPS) is 19.1. The Hall–Kier alpha value is -1.56. The second-order valence-corrected chi connectivity index (χ2v) is 4.95. The molecule has 1 aliphatic rings. The second kappa shape index (κ2) is 6.26. The number of ether oxygens (including phenoxy) is 1. The third-order valence-electron chi connectivity index (χ3n) is 3.23. The first-order chi connectivity index (χ1) is 9.44. The van der Waals surface area contributed by atoms with Crippen LogP contribution in [-0.4, -0.2) is 25.3 Å². The summed E-state index contributed by atoms with van der Waals surface area (Å²) in [5.74, 6) is -0.840. The van der Waals surface area contributed by atoms with Crippen LogP contribution in [-0.2, 0) is 22.5 Å². The SMILES string of the molecule is O=C(CC1CNCc2ccccc2C1)OCC(F)(F)F. The first-order valence-corrected chi connectivity index (χ1v) is 6.44. The smallest absolute Gasteiger partial charge is 0.422 e. The molecule has 3 nitrogen and oxygen atoms in total. The first kappa shape index (κ1) is 14.8. The summed E-state index contributed by atoms with van der Waals surface area (Å²) in [5.41, 5.74) is 2.30. The molecule has 1 aliphatic heterocycles. The van der Waals surface area contributed by atoms with Crippen LogP contribution in [0.2, 0.25) is 0 Å². The third kappa shape index (κ3) is 4.52. The molecule has 1 heterocycles. The first-order valence-electron chi connectivity index (χ1n) is 6.44. The Morgan fingerprint density at radius 1 is 1.30 bits per heavy atom. The number of hydrogen-bond acceptors (Lipinski definition) is 3. The number of carbonyl (C=O) groups excluding carboxylic acids is 1. The zero-order valence-electron chi connectivity index (χ0n) is 10.9. The van der Waals surface area contributed by atoms with E-state index in [9.17, 15) is 18.0 Å². The van der Waals surface area contributed by atoms with Gasteiger partial charge in [-0.3, -0.25) is 4.79 Å². The minimum Gasteiger partial charge on any atom is -0.456 e. The Morgan fingerprint density at radius 2 is 2.00 bits per heavy atom. The van der Waals surface area contributed by atoms with Gasteiger partial charge in [0.1, 0.15) is 0 Å². The molecular formula is C14H16F3NO2. The predicted molar refractivity (Wildman–Crippen MR) is 67.0 cm³/mol. The number of carbonyl (C=O) groups is 1. The minimum absolute atomic E-state index is 0.00257. The van der Waals surface area contributed by atoms with Gasteiger partial charge < -0.3 is 10.1 Å². The molecule has 2 rings (SSSR count). The molecule has 1 N–H and O–H groups in total. The van der Waals surface area contributed by atoms with Crippen LogP contribution in [0.5, 0.6) is 0 Å². The van der Waals surface area contributed by atoms with Gasteiger partial charge in [-0.25, -0.2) is 0 Å². The number of nitrogens with one attached hydrogen (secondary N) is 1. The van der Waals surface area contributed by atoms with E-state index in [-0.39, 0.29) is 12.3 Å². The van der Waals surface area contributed by atoms with E-state index in [0.717, 1.165) is 5.56 Å². The van der Waals surface area contributed by atoms with Crippen molar-refractivity contribution in [1.82, 2.24) is 5.32 Å². The predicted octanol–water partition coefficient (Wildman–Crippen LogP) is 2.44. The van der Waals surface area contributed by atoms with Gasteiger partial charge in [-0.05, 0) is 30.0 Å². The molecule has 0 amide bonds. The highest BCUT2D eigenvalue weighted by Gasteiger charge is 2.30. The van der Waals surface area contributed by atoms with E-state index in [4.69, 9.17) is 0 Å². The molecule has 0 aromatic heterocycles. The Labute approximate surface area is 115 Å². The van der Waals surface area contributed by atoms with Crippen molar-refractivity contribution in [2.75, 3.05) is 13.2 Å². The lowest BCUT2D eigenvalue weighted by Crippen LogP contribution is -2.26. The maximum atomic E-state index is 12.0. The van der Waals surface area contributed by atoms with Crippen LogP contribution in [0, 0.1) is 5.92 Å². The zero-order chi connectivity index (χ0) is 14.6. The Bertz CT molecular complexity index is 474. The number of halogens is 3. The molecular weight excluding hydrogens is 271 g/mol. The zero-order valence-corrected chi connectivity index (χ0v) is 10.9. The molecule has 0 saturated heterocycles. The van der Waals surface area contributed by atoms with Gasteiger partial charge in [0.05, 0.1) is 0 Å². The van der Waals surface area contributed by atoms with E-state index >= 15 is 0 Å². The van der Waals surface area contributed by atoms with Crippen molar-refractivity contribution in [3.8, 4) is 0 Å². The van der Waals surface area contributed by atoms with Crippen molar-refractivity contribution in [3.05, 3.63) is 35.4 Å². The fourth-order valence-electron chi connectivity index (χ4n) is 2.32. The number of hydrogen-bond donors (Lipinski definition) is 1. The third-order valence-corrected chi connectivity index (χ3v) is 3.23. The Balaban J connectivity index is 1.89. The molecule has 0 spiro atoms. The van der Waals surface area contributed by atoms with Crippen molar-refractivity contribution in [2.24, 2.45) is 5.92 Å². The summed E-state index contributed by atoms with van der Waals surface area (Å²) >= 11 is 0. The number of esters is 1. The molecule has 0 bridgehead atoms. The highest BCUT2D eigenvalue weighted by molar-refractivity contribution is 5.69. The van der Waals surface area contributed by atoms with E-state index in [1.54, 1.807) is 0 Å². The summed E-state index contributed by atoms with van der Waals surface area (Å²) in [4.78, 5) is 11.4. The van der Waals surface area contributed by atoms with Gasteiger partial charge in [0, 0.05) is 13.0 Å². The fourth-order valence-corrected chi connectivity index (χ4v) is 2.32. The lowest BCUT2D eigenvalue weighted by molar-refractivity contribution is -0.186. The number of rotatable bonds is 3. The molecule has 0 fully saturated rings. The van der Waals surface area contributed by atoms with Gasteiger partial charge in [-0.2, -0.15) is 13.2 Å². The average molecular weight is 287 g/mol. The number of alkyl halides is 3. The van der Waals surface area contributed by atoms with Crippen LogP contribution < -0.4 is 5.32 Å². The van der Waals surface area contributed by atoms with Crippen LogP contribution in [0.4, 0.5) is 13.2 Å². The largest absolute Gasteiger partial charge is 0.456 e. The van der Waals surface area contributed by atoms with Crippen molar-refractivity contribution >= 4 is 5.97 Å². The van der Waals surface area contributed by atoms with Gasteiger partial charge in [0.2, 0.25) is 0 Å². The van der Waals surface area contributed by atoms with Crippen LogP contribution in [0.15, 0.2) is 24.3 Å². The van der Waals surface area contributed by atoms with Gasteiger partial charge in [-0.15, -0.1) is 0 Å². The van der Waals surface area contributed by atoms with E-state index < -0.39 is 18.8 Å². The standard InChI is InChI=1S/C14H16F3NO2/c15-14(16,17)9-20-13(19)6-10-5-11-3-1-2-4-12(11)8-18-7-10/h1-4,10,18H,5-9H2. The van der Waals surface area contributed by atoms with Crippen LogP contribution >= 0.6 is 0 Å². The highest BCUT2D eigenvalue weighted by atomic mass is 19.4. The van der Waals surface area contributed by atoms with Crippen LogP contribution in [0.3, 0.4) is 0 Å². The minimum atomic E-state index is -4.47. The molecule has 6 heteroatoms. The number of benzene rings is 1. The van der Waals surface area contributed by atoms with Gasteiger partial charge in [-0.1, -0.05) is 24.3 Å². The topological polar surface area (TPSA) is 38.3 Å². The lowest BCUT2D eigenvalue weighted by atomic mass is 9.95. The molecule has 110 valence electrons. The van der Waals surface area contributed by atoms with E-state index in [2.05, 4.69) is 10.1 Å². The molecule has 1 atom stereocenters. The summed E-state index contributed by atoms with van der Waals surface area (Å²) in [6, 6.07) is 7.85. The van der Waals surface area contributed by atoms with Gasteiger partial charge >= 0.3 is 12.1 Å². The maximum absolute atomic E-state index is 12.0. The molecule has 0 aliphatic carbocycles. The van der Waals surface area contributed by atoms with Crippen LogP contribution in [0.1, 0.15) is 17.5 Å². The van der Waals surface area contributed by atoms with Crippen molar-refractivity contribution < 1.29 is 22.7 Å². The fraction of sp³-hybridized carbons (Fsp3) is 0.500. The summed E-state index contributed by atoms with van der Waals surface area (Å²) in [6.07, 6.45) is -3.80. The van der Waals surface area contributed by atoms with Crippen molar-refractivity contribution in [1.29, 1.82) is 0 Å². The van der Waals surface area contributed by atoms with Gasteiger partial charge in [0.25, 0.3) is 0 Å². The quantitative estimate of drug-likeness (QED) is 0.868. The summed E-state index contributed by atoms with van der Waals surface area (Å²) in [7, 11) is 0. The van der Waals surface area contributed by atoms with E-state index in [1.165, 1.54) is 5.56 Å². The second-order valence-electron chi connectivity index (χ2n) is 4.95. The molecule has 0 saturated carbocycles. The summed E-state index contributed by atoms with van der Waals surface area (Å²) in [6.45, 7) is -0.206. The van der Waals surface area contributed by atoms with Crippen LogP contribution in [0.25, 0.3) is 0 Å². The van der Waals surface area contributed by atoms with Crippen molar-refractivity contribution in [2.45, 2.75) is 25.6 Å². The highest BCUT2D eigenvalue weighted by Crippen LogP contribution is 2.21. The van der Waals surface area contributed by atoms with E-state index in [1.807, 2.05) is 24.3 Å². The number of fused-ring (bicyclic) bond motifs is 1. The molecule has 0 radical (unpaired) electrons. The molecule has 1 aromatic carbocycles. The monoisotopic (exact) mass is 287 g/mol. The van der Waals surface area contributed by atoms with E-state index in [0.29, 0.717) is 19.5 Å². The maximum Gasteiger partial charge on any atom is 0.422 e. The molecule has 1 unspecified atom stereocenters. The Morgan fingerprint density at radius 3 is 2.70 bits per heavy atom. The molecule has 1 aromatic rings.